The van der Waals surface area contributed by atoms with Gasteiger partial charge in [-0.15, -0.1) is 0 Å². The molecule has 0 amide bonds. The molecule has 0 aromatic heterocycles. The summed E-state index contributed by atoms with van der Waals surface area (Å²) in [6, 6.07) is 0. The van der Waals surface area contributed by atoms with Crippen LogP contribution in [0.1, 0.15) is 20.3 Å². The number of carbonyl (C=O) groups excluding carboxylic acids is 1. The van der Waals surface area contributed by atoms with E-state index >= 15 is 0 Å². The molecule has 78 valence electrons. The summed E-state index contributed by atoms with van der Waals surface area (Å²) in [4.78, 5) is 15.1. The Labute approximate surface area is 81.9 Å². The molecule has 6 heteroatoms. The molecule has 5 nitrogen and oxygen atoms in total. The Morgan fingerprint density at radius 1 is 1.69 bits per heavy atom. The first-order valence-corrected chi connectivity index (χ1v) is 5.07. The van der Waals surface area contributed by atoms with E-state index in [1.54, 1.807) is 6.92 Å². The molecule has 0 aromatic carbocycles. The second kappa shape index (κ2) is 7.14. The molecule has 0 saturated carbocycles. The smallest absolute Gasteiger partial charge is 0.327 e. The topological polar surface area (TPSA) is 84.6 Å². The van der Waals surface area contributed by atoms with Crippen LogP contribution in [0, 0.1) is 0 Å². The maximum atomic E-state index is 10.8. The molecule has 13 heavy (non-hydrogen) atoms. The molecular formula is C7H16N2O3S. The fraction of sp³-hybridized carbons (Fsp3) is 0.857. The summed E-state index contributed by atoms with van der Waals surface area (Å²) in [5.74, 6) is 4.99. The van der Waals surface area contributed by atoms with Crippen LogP contribution in [-0.2, 0) is 9.63 Å². The van der Waals surface area contributed by atoms with Gasteiger partial charge in [-0.1, -0.05) is 12.5 Å². The number of carbonyl (C=O) groups is 1. The number of hydrazine groups is 1. The number of aliphatic hydroxyl groups excluding tert-OH is 1. The normalized spacial score (nSPS) is 15.1. The van der Waals surface area contributed by atoms with Crippen LogP contribution in [0.3, 0.4) is 0 Å². The van der Waals surface area contributed by atoms with Gasteiger partial charge >= 0.3 is 5.97 Å². The van der Waals surface area contributed by atoms with Crippen molar-refractivity contribution in [1.82, 2.24) is 5.59 Å². The van der Waals surface area contributed by atoms with Crippen molar-refractivity contribution in [2.45, 2.75) is 31.6 Å². The third kappa shape index (κ3) is 6.83. The summed E-state index contributed by atoms with van der Waals surface area (Å²) in [7, 11) is 0. The third-order valence-electron chi connectivity index (χ3n) is 1.54. The van der Waals surface area contributed by atoms with Crippen molar-refractivity contribution in [2.24, 2.45) is 5.84 Å². The van der Waals surface area contributed by atoms with Gasteiger partial charge < -0.3 is 9.94 Å². The maximum Gasteiger partial charge on any atom is 0.327 e. The van der Waals surface area contributed by atoms with Crippen LogP contribution in [0.15, 0.2) is 0 Å². The Morgan fingerprint density at radius 3 is 2.77 bits per heavy atom. The minimum atomic E-state index is -0.396. The van der Waals surface area contributed by atoms with Crippen LogP contribution in [0.5, 0.6) is 0 Å². The standard InChI is InChI=1S/C7H16N2O3S/c1-5(10)6(2)13-4-3-7(11)12-9-8/h5-6,9-10H,3-4,8H2,1-2H3. The van der Waals surface area contributed by atoms with Crippen molar-refractivity contribution in [3.05, 3.63) is 0 Å². The summed E-state index contributed by atoms with van der Waals surface area (Å²) >= 11 is 1.52. The van der Waals surface area contributed by atoms with E-state index < -0.39 is 5.97 Å². The zero-order valence-corrected chi connectivity index (χ0v) is 8.63. The Balaban J connectivity index is 3.39. The fourth-order valence-corrected chi connectivity index (χ4v) is 1.52. The lowest BCUT2D eigenvalue weighted by molar-refractivity contribution is -0.150. The van der Waals surface area contributed by atoms with Gasteiger partial charge in [0, 0.05) is 11.0 Å². The second-order valence-electron chi connectivity index (χ2n) is 2.66. The molecule has 0 rings (SSSR count). The molecule has 0 radical (unpaired) electrons. The predicted molar refractivity (Wildman–Crippen MR) is 51.6 cm³/mol. The van der Waals surface area contributed by atoms with Crippen molar-refractivity contribution in [2.75, 3.05) is 5.75 Å². The minimum Gasteiger partial charge on any atom is -0.392 e. The lowest BCUT2D eigenvalue weighted by Gasteiger charge is -2.13. The van der Waals surface area contributed by atoms with E-state index in [-0.39, 0.29) is 17.8 Å². The van der Waals surface area contributed by atoms with E-state index in [1.165, 1.54) is 11.8 Å². The van der Waals surface area contributed by atoms with Crippen LogP contribution in [-0.4, -0.2) is 28.2 Å². The number of hydrogen-bond acceptors (Lipinski definition) is 6. The highest BCUT2D eigenvalue weighted by Gasteiger charge is 2.10. The molecule has 0 aromatic rings. The van der Waals surface area contributed by atoms with Crippen LogP contribution in [0.25, 0.3) is 0 Å². The van der Waals surface area contributed by atoms with Crippen LogP contribution >= 0.6 is 11.8 Å². The average molecular weight is 208 g/mol. The van der Waals surface area contributed by atoms with E-state index in [1.807, 2.05) is 12.5 Å². The summed E-state index contributed by atoms with van der Waals surface area (Å²) < 4.78 is 0. The Bertz CT molecular complexity index is 155. The molecule has 2 unspecified atom stereocenters. The van der Waals surface area contributed by atoms with Crippen LogP contribution in [0.4, 0.5) is 0 Å². The quantitative estimate of drug-likeness (QED) is 0.414. The first kappa shape index (κ1) is 12.7. The van der Waals surface area contributed by atoms with E-state index in [0.717, 1.165) is 0 Å². The molecule has 0 aliphatic rings. The number of thioether (sulfide) groups is 1. The Hall–Kier alpha value is -0.300. The van der Waals surface area contributed by atoms with E-state index in [2.05, 4.69) is 4.84 Å². The molecule has 0 bridgehead atoms. The fourth-order valence-electron chi connectivity index (χ4n) is 0.584. The van der Waals surface area contributed by atoms with Crippen LogP contribution in [0.2, 0.25) is 0 Å². The molecule has 0 aliphatic carbocycles. The Morgan fingerprint density at radius 2 is 2.31 bits per heavy atom. The largest absolute Gasteiger partial charge is 0.392 e. The summed E-state index contributed by atoms with van der Waals surface area (Å²) in [5.41, 5.74) is 1.82. The van der Waals surface area contributed by atoms with Gasteiger partial charge in [-0.05, 0) is 6.92 Å². The molecule has 0 saturated heterocycles. The van der Waals surface area contributed by atoms with E-state index in [9.17, 15) is 4.79 Å². The SMILES string of the molecule is CC(O)C(C)SCCC(=O)ONN. The molecule has 4 N–H and O–H groups in total. The number of nitrogens with two attached hydrogens (primary N) is 1. The highest BCUT2D eigenvalue weighted by atomic mass is 32.2. The zero-order valence-electron chi connectivity index (χ0n) is 7.82. The highest BCUT2D eigenvalue weighted by Crippen LogP contribution is 2.14. The second-order valence-corrected chi connectivity index (χ2v) is 4.14. The number of hydrogen-bond donors (Lipinski definition) is 3. The first-order chi connectivity index (χ1) is 6.07. The van der Waals surface area contributed by atoms with Crippen molar-refractivity contribution >= 4 is 17.7 Å². The number of aliphatic hydroxyl groups is 1. The van der Waals surface area contributed by atoms with Gasteiger partial charge in [-0.25, -0.2) is 5.84 Å². The zero-order chi connectivity index (χ0) is 10.3. The lowest BCUT2D eigenvalue weighted by atomic mass is 10.3. The van der Waals surface area contributed by atoms with Gasteiger partial charge in [0.25, 0.3) is 0 Å². The lowest BCUT2D eigenvalue weighted by Crippen LogP contribution is -2.26. The van der Waals surface area contributed by atoms with E-state index in [4.69, 9.17) is 10.9 Å². The van der Waals surface area contributed by atoms with Crippen molar-refractivity contribution < 1.29 is 14.7 Å². The monoisotopic (exact) mass is 208 g/mol. The number of rotatable bonds is 6. The van der Waals surface area contributed by atoms with Gasteiger partial charge in [0.15, 0.2) is 0 Å². The Kier molecular flexibility index (Phi) is 6.97. The molecular weight excluding hydrogens is 192 g/mol. The maximum absolute atomic E-state index is 10.8. The summed E-state index contributed by atoms with van der Waals surface area (Å²) in [6.07, 6.45) is -0.0833. The summed E-state index contributed by atoms with van der Waals surface area (Å²) in [6.45, 7) is 3.62. The molecule has 0 spiro atoms. The van der Waals surface area contributed by atoms with Gasteiger partial charge in [-0.2, -0.15) is 11.8 Å². The first-order valence-electron chi connectivity index (χ1n) is 4.03. The van der Waals surface area contributed by atoms with Gasteiger partial charge in [0.05, 0.1) is 12.5 Å². The summed E-state index contributed by atoms with van der Waals surface area (Å²) in [5, 5.41) is 9.24. The molecule has 0 aliphatic heterocycles. The van der Waals surface area contributed by atoms with Gasteiger partial charge in [-0.3, -0.25) is 4.79 Å². The molecule has 2 atom stereocenters. The van der Waals surface area contributed by atoms with Gasteiger partial charge in [0.1, 0.15) is 0 Å². The average Bonchev–Trinajstić information content (AvgIpc) is 2.04. The minimum absolute atomic E-state index is 0.124. The van der Waals surface area contributed by atoms with E-state index in [0.29, 0.717) is 5.75 Å². The number of nitrogens with one attached hydrogen (secondary N) is 1. The highest BCUT2D eigenvalue weighted by molar-refractivity contribution is 7.99. The van der Waals surface area contributed by atoms with Crippen molar-refractivity contribution in [1.29, 1.82) is 0 Å². The predicted octanol–water partition coefficient (Wildman–Crippen LogP) is -0.199. The third-order valence-corrected chi connectivity index (χ3v) is 2.90. The van der Waals surface area contributed by atoms with Crippen molar-refractivity contribution in [3.63, 3.8) is 0 Å². The van der Waals surface area contributed by atoms with Gasteiger partial charge in [0.2, 0.25) is 0 Å². The van der Waals surface area contributed by atoms with Crippen molar-refractivity contribution in [3.8, 4) is 0 Å². The molecule has 0 heterocycles. The molecule has 0 fully saturated rings. The van der Waals surface area contributed by atoms with Crippen LogP contribution < -0.4 is 11.4 Å².